The number of carbonyl (C=O) groups is 1. The Balaban J connectivity index is 1.84. The quantitative estimate of drug-likeness (QED) is 0.589. The summed E-state index contributed by atoms with van der Waals surface area (Å²) in [6, 6.07) is 6.78. The van der Waals surface area contributed by atoms with Gasteiger partial charge in [-0.25, -0.2) is 8.42 Å². The topological polar surface area (TPSA) is 54.5 Å². The average Bonchev–Trinajstić information content (AvgIpc) is 2.93. The highest BCUT2D eigenvalue weighted by molar-refractivity contribution is 8.26. The van der Waals surface area contributed by atoms with Gasteiger partial charge in [-0.3, -0.25) is 9.69 Å². The van der Waals surface area contributed by atoms with Crippen LogP contribution in [0.4, 0.5) is 0 Å². The number of carbonyl (C=O) groups excluding carboxylic acids is 1. The van der Waals surface area contributed by atoms with Crippen LogP contribution in [0.25, 0.3) is 6.08 Å². The lowest BCUT2D eigenvalue weighted by atomic mass is 10.2. The number of thioether (sulfide) groups is 1. The van der Waals surface area contributed by atoms with E-state index in [1.165, 1.54) is 16.7 Å². The predicted octanol–water partition coefficient (Wildman–Crippen LogP) is 2.73. The second kappa shape index (κ2) is 5.96. The van der Waals surface area contributed by atoms with Gasteiger partial charge in [-0.1, -0.05) is 47.7 Å². The number of sulfone groups is 1. The summed E-state index contributed by atoms with van der Waals surface area (Å²) in [7, 11) is -3.06. The van der Waals surface area contributed by atoms with Crippen molar-refractivity contribution < 1.29 is 13.2 Å². The lowest BCUT2D eigenvalue weighted by Crippen LogP contribution is -2.39. The van der Waals surface area contributed by atoms with E-state index >= 15 is 0 Å². The molecule has 1 aromatic carbocycles. The van der Waals surface area contributed by atoms with Crippen molar-refractivity contribution in [3.8, 4) is 0 Å². The molecule has 1 aromatic rings. The largest absolute Gasteiger partial charge is 0.289 e. The molecule has 0 spiro atoms. The molecule has 4 nitrogen and oxygen atoms in total. The highest BCUT2D eigenvalue weighted by Gasteiger charge is 2.41. The molecular formula is C14H12ClNO3S3. The van der Waals surface area contributed by atoms with Gasteiger partial charge in [0.15, 0.2) is 9.84 Å². The predicted molar refractivity (Wildman–Crippen MR) is 93.5 cm³/mol. The molecule has 0 aliphatic carbocycles. The third kappa shape index (κ3) is 3.22. The second-order valence-electron chi connectivity index (χ2n) is 5.16. The SMILES string of the molecule is O=C1C(=Cc2ccc(Cl)cc2)SC(=S)N1C1CCS(=O)(=O)C1. The molecule has 1 amide bonds. The highest BCUT2D eigenvalue weighted by atomic mass is 35.5. The third-order valence-corrected chi connectivity index (χ3v) is 6.90. The molecule has 2 aliphatic heterocycles. The number of nitrogens with zero attached hydrogens (tertiary/aromatic N) is 1. The minimum Gasteiger partial charge on any atom is -0.289 e. The van der Waals surface area contributed by atoms with Crippen LogP contribution in [-0.4, -0.2) is 41.1 Å². The van der Waals surface area contributed by atoms with Crippen LogP contribution in [0, 0.1) is 0 Å². The zero-order valence-corrected chi connectivity index (χ0v) is 14.6. The van der Waals surface area contributed by atoms with E-state index in [1.807, 2.05) is 12.1 Å². The maximum atomic E-state index is 12.5. The van der Waals surface area contributed by atoms with Crippen LogP contribution < -0.4 is 0 Å². The summed E-state index contributed by atoms with van der Waals surface area (Å²) >= 11 is 12.3. The molecule has 0 radical (unpaired) electrons. The molecular weight excluding hydrogens is 362 g/mol. The van der Waals surface area contributed by atoms with Crippen LogP contribution in [0.2, 0.25) is 5.02 Å². The van der Waals surface area contributed by atoms with Crippen molar-refractivity contribution in [3.63, 3.8) is 0 Å². The van der Waals surface area contributed by atoms with Crippen LogP contribution in [0.3, 0.4) is 0 Å². The monoisotopic (exact) mass is 373 g/mol. The van der Waals surface area contributed by atoms with Crippen molar-refractivity contribution in [1.82, 2.24) is 4.90 Å². The van der Waals surface area contributed by atoms with Gasteiger partial charge in [-0.15, -0.1) is 0 Å². The van der Waals surface area contributed by atoms with Crippen LogP contribution in [0.1, 0.15) is 12.0 Å². The van der Waals surface area contributed by atoms with Gasteiger partial charge in [-0.2, -0.15) is 0 Å². The molecule has 0 saturated carbocycles. The van der Waals surface area contributed by atoms with E-state index in [9.17, 15) is 13.2 Å². The van der Waals surface area contributed by atoms with Crippen LogP contribution >= 0.6 is 35.6 Å². The fourth-order valence-electron chi connectivity index (χ4n) is 2.48. The maximum Gasteiger partial charge on any atom is 0.266 e. The van der Waals surface area contributed by atoms with Crippen molar-refractivity contribution in [2.75, 3.05) is 11.5 Å². The summed E-state index contributed by atoms with van der Waals surface area (Å²) in [4.78, 5) is 14.5. The number of benzene rings is 1. The molecule has 2 saturated heterocycles. The normalized spacial score (nSPS) is 26.1. The number of rotatable bonds is 2. The van der Waals surface area contributed by atoms with E-state index < -0.39 is 9.84 Å². The molecule has 0 bridgehead atoms. The molecule has 2 aliphatic rings. The smallest absolute Gasteiger partial charge is 0.266 e. The van der Waals surface area contributed by atoms with Gasteiger partial charge in [0.05, 0.1) is 22.5 Å². The summed E-state index contributed by atoms with van der Waals surface area (Å²) in [5.74, 6) is -0.106. The van der Waals surface area contributed by atoms with Crippen molar-refractivity contribution >= 4 is 61.7 Å². The van der Waals surface area contributed by atoms with Gasteiger partial charge in [0, 0.05) is 5.02 Å². The lowest BCUT2D eigenvalue weighted by molar-refractivity contribution is -0.123. The Morgan fingerprint density at radius 3 is 2.59 bits per heavy atom. The highest BCUT2D eigenvalue weighted by Crippen LogP contribution is 2.36. The zero-order chi connectivity index (χ0) is 15.9. The summed E-state index contributed by atoms with van der Waals surface area (Å²) in [6.45, 7) is 0. The van der Waals surface area contributed by atoms with Crippen molar-refractivity contribution in [2.45, 2.75) is 12.5 Å². The van der Waals surface area contributed by atoms with Crippen LogP contribution in [0.15, 0.2) is 29.2 Å². The molecule has 3 rings (SSSR count). The summed E-state index contributed by atoms with van der Waals surface area (Å²) in [5, 5.41) is 0.626. The number of hydrogen-bond acceptors (Lipinski definition) is 5. The molecule has 8 heteroatoms. The van der Waals surface area contributed by atoms with Gasteiger partial charge in [0.1, 0.15) is 4.32 Å². The van der Waals surface area contributed by atoms with Gasteiger partial charge in [0.25, 0.3) is 5.91 Å². The molecule has 1 unspecified atom stereocenters. The van der Waals surface area contributed by atoms with E-state index in [0.29, 0.717) is 20.7 Å². The van der Waals surface area contributed by atoms with Gasteiger partial charge >= 0.3 is 0 Å². The lowest BCUT2D eigenvalue weighted by Gasteiger charge is -2.20. The van der Waals surface area contributed by atoms with Crippen molar-refractivity contribution in [1.29, 1.82) is 0 Å². The maximum absolute atomic E-state index is 12.5. The molecule has 2 heterocycles. The standard InChI is InChI=1S/C14H12ClNO3S3/c15-10-3-1-9(2-4-10)7-12-13(17)16(14(20)21-12)11-5-6-22(18,19)8-11/h1-4,7,11H,5-6,8H2. The van der Waals surface area contributed by atoms with E-state index in [4.69, 9.17) is 23.8 Å². The Bertz CT molecular complexity index is 771. The number of thiocarbonyl (C=S) groups is 1. The average molecular weight is 374 g/mol. The van der Waals surface area contributed by atoms with Gasteiger partial charge < -0.3 is 0 Å². The van der Waals surface area contributed by atoms with Crippen molar-refractivity contribution in [2.24, 2.45) is 0 Å². The second-order valence-corrected chi connectivity index (χ2v) is 9.50. The Labute approximate surface area is 143 Å². The van der Waals surface area contributed by atoms with E-state index in [2.05, 4.69) is 0 Å². The third-order valence-electron chi connectivity index (χ3n) is 3.56. The summed E-state index contributed by atoms with van der Waals surface area (Å²) in [6.07, 6.45) is 2.20. The van der Waals surface area contributed by atoms with E-state index in [0.717, 1.165) is 5.56 Å². The Morgan fingerprint density at radius 1 is 1.32 bits per heavy atom. The Kier molecular flexibility index (Phi) is 4.33. The van der Waals surface area contributed by atoms with Gasteiger partial charge in [0.2, 0.25) is 0 Å². The van der Waals surface area contributed by atoms with Crippen LogP contribution in [-0.2, 0) is 14.6 Å². The number of amides is 1. The molecule has 2 fully saturated rings. The van der Waals surface area contributed by atoms with Crippen LogP contribution in [0.5, 0.6) is 0 Å². The fraction of sp³-hybridized carbons (Fsp3) is 0.286. The van der Waals surface area contributed by atoms with E-state index in [1.54, 1.807) is 18.2 Å². The summed E-state index contributed by atoms with van der Waals surface area (Å²) < 4.78 is 23.6. The first-order valence-corrected chi connectivity index (χ1v) is 10.0. The zero-order valence-electron chi connectivity index (χ0n) is 11.4. The minimum atomic E-state index is -3.06. The minimum absolute atomic E-state index is 0.00628. The summed E-state index contributed by atoms with van der Waals surface area (Å²) in [5.41, 5.74) is 0.851. The molecule has 22 heavy (non-hydrogen) atoms. The fourth-order valence-corrected chi connectivity index (χ4v) is 5.71. The Morgan fingerprint density at radius 2 is 2.00 bits per heavy atom. The number of halogens is 1. The molecule has 0 aromatic heterocycles. The first-order valence-electron chi connectivity index (χ1n) is 6.59. The molecule has 0 N–H and O–H groups in total. The molecule has 116 valence electrons. The Hall–Kier alpha value is -0.890. The van der Waals surface area contributed by atoms with Crippen molar-refractivity contribution in [3.05, 3.63) is 39.8 Å². The van der Waals surface area contributed by atoms with Gasteiger partial charge in [-0.05, 0) is 30.2 Å². The van der Waals surface area contributed by atoms with E-state index in [-0.39, 0.29) is 23.5 Å². The first kappa shape index (κ1) is 16.0. The first-order chi connectivity index (χ1) is 10.4. The number of hydrogen-bond donors (Lipinski definition) is 0. The molecule has 1 atom stereocenters.